The summed E-state index contributed by atoms with van der Waals surface area (Å²) in [6.07, 6.45) is 1.59. The number of para-hydroxylation sites is 1. The van der Waals surface area contributed by atoms with E-state index in [0.717, 1.165) is 28.4 Å². The lowest BCUT2D eigenvalue weighted by atomic mass is 10.1. The molecule has 1 aromatic heterocycles. The third-order valence-electron chi connectivity index (χ3n) is 4.81. The van der Waals surface area contributed by atoms with Crippen LogP contribution in [0.15, 0.2) is 89.1 Å². The average molecular weight is 458 g/mol. The van der Waals surface area contributed by atoms with Gasteiger partial charge in [-0.05, 0) is 48.9 Å². The van der Waals surface area contributed by atoms with Crippen LogP contribution in [0.3, 0.4) is 0 Å². The van der Waals surface area contributed by atoms with Crippen LogP contribution >= 0.6 is 11.8 Å². The molecular weight excluding hydrogens is 434 g/mol. The van der Waals surface area contributed by atoms with Gasteiger partial charge < -0.3 is 4.74 Å². The van der Waals surface area contributed by atoms with Crippen molar-refractivity contribution in [3.63, 3.8) is 0 Å². The van der Waals surface area contributed by atoms with E-state index in [1.54, 1.807) is 13.3 Å². The summed E-state index contributed by atoms with van der Waals surface area (Å²) in [6, 6.07) is 25.4. The van der Waals surface area contributed by atoms with E-state index >= 15 is 0 Å². The lowest BCUT2D eigenvalue weighted by Crippen LogP contribution is -2.20. The van der Waals surface area contributed by atoms with Crippen molar-refractivity contribution in [2.75, 3.05) is 12.9 Å². The summed E-state index contributed by atoms with van der Waals surface area (Å²) in [5, 5.41) is 13.4. The number of carbonyl (C=O) groups is 1. The Morgan fingerprint density at radius 3 is 2.45 bits per heavy atom. The molecule has 7 nitrogen and oxygen atoms in total. The zero-order valence-electron chi connectivity index (χ0n) is 18.3. The van der Waals surface area contributed by atoms with Gasteiger partial charge in [0.2, 0.25) is 0 Å². The number of aryl methyl sites for hydroxylation is 1. The molecule has 33 heavy (non-hydrogen) atoms. The number of hydrogen-bond donors (Lipinski definition) is 1. The smallest absolute Gasteiger partial charge is 0.250 e. The Hall–Kier alpha value is -3.91. The molecule has 0 aliphatic rings. The summed E-state index contributed by atoms with van der Waals surface area (Å²) in [4.78, 5) is 12.3. The van der Waals surface area contributed by atoms with Crippen molar-refractivity contribution < 1.29 is 9.53 Å². The van der Waals surface area contributed by atoms with Crippen molar-refractivity contribution in [3.05, 3.63) is 90.0 Å². The van der Waals surface area contributed by atoms with Crippen LogP contribution < -0.4 is 10.2 Å². The molecule has 0 saturated carbocycles. The summed E-state index contributed by atoms with van der Waals surface area (Å²) in [5.74, 6) is 1.41. The lowest BCUT2D eigenvalue weighted by Gasteiger charge is -2.10. The van der Waals surface area contributed by atoms with Gasteiger partial charge in [0, 0.05) is 11.3 Å². The first kappa shape index (κ1) is 22.3. The van der Waals surface area contributed by atoms with E-state index in [-0.39, 0.29) is 11.7 Å². The number of carbonyl (C=O) groups excluding carboxylic acids is 1. The number of benzene rings is 3. The third-order valence-corrected chi connectivity index (χ3v) is 5.74. The molecule has 0 radical (unpaired) electrons. The van der Waals surface area contributed by atoms with Crippen LogP contribution in [-0.2, 0) is 4.79 Å². The quantitative estimate of drug-likeness (QED) is 0.239. The van der Waals surface area contributed by atoms with Crippen LogP contribution in [0.2, 0.25) is 0 Å². The molecule has 166 valence electrons. The highest BCUT2D eigenvalue weighted by molar-refractivity contribution is 7.99. The normalized spacial score (nSPS) is 11.0. The zero-order valence-corrected chi connectivity index (χ0v) is 19.1. The summed E-state index contributed by atoms with van der Waals surface area (Å²) in [5.41, 5.74) is 6.47. The van der Waals surface area contributed by atoms with Gasteiger partial charge in [0.05, 0.1) is 19.1 Å². The maximum atomic E-state index is 12.3. The topological polar surface area (TPSA) is 81.4 Å². The lowest BCUT2D eigenvalue weighted by molar-refractivity contribution is -0.118. The molecule has 4 rings (SSSR count). The summed E-state index contributed by atoms with van der Waals surface area (Å²) in [7, 11) is 1.61. The molecule has 0 aliphatic heterocycles. The molecule has 8 heteroatoms. The molecule has 0 spiro atoms. The second-order valence-corrected chi connectivity index (χ2v) is 8.14. The molecule has 4 aromatic rings. The molecule has 1 heterocycles. The second kappa shape index (κ2) is 10.6. The second-order valence-electron chi connectivity index (χ2n) is 7.20. The van der Waals surface area contributed by atoms with Crippen LogP contribution in [0.4, 0.5) is 0 Å². The molecule has 0 bridgehead atoms. The molecule has 1 amide bonds. The van der Waals surface area contributed by atoms with Crippen LogP contribution in [0, 0.1) is 6.92 Å². The Kier molecular flexibility index (Phi) is 7.16. The van der Waals surface area contributed by atoms with Crippen LogP contribution in [0.25, 0.3) is 17.1 Å². The number of nitrogens with zero attached hydrogens (tertiary/aromatic N) is 4. The fourth-order valence-corrected chi connectivity index (χ4v) is 3.84. The number of nitrogens with one attached hydrogen (secondary N) is 1. The number of thioether (sulfide) groups is 1. The van der Waals surface area contributed by atoms with Crippen molar-refractivity contribution in [2.45, 2.75) is 12.1 Å². The molecule has 0 atom stereocenters. The van der Waals surface area contributed by atoms with Crippen LogP contribution in [0.5, 0.6) is 5.75 Å². The van der Waals surface area contributed by atoms with Gasteiger partial charge in [0.15, 0.2) is 11.0 Å². The fraction of sp³-hybridized carbons (Fsp3) is 0.120. The van der Waals surface area contributed by atoms with E-state index < -0.39 is 0 Å². The van der Waals surface area contributed by atoms with Gasteiger partial charge in [-0.25, -0.2) is 5.43 Å². The first-order valence-corrected chi connectivity index (χ1v) is 11.3. The van der Waals surface area contributed by atoms with Gasteiger partial charge in [-0.15, -0.1) is 10.2 Å². The number of rotatable bonds is 8. The van der Waals surface area contributed by atoms with E-state index in [2.05, 4.69) is 20.7 Å². The van der Waals surface area contributed by atoms with Crippen molar-refractivity contribution >= 4 is 23.9 Å². The number of hydrazone groups is 1. The highest BCUT2D eigenvalue weighted by atomic mass is 32.2. The molecule has 1 N–H and O–H groups in total. The summed E-state index contributed by atoms with van der Waals surface area (Å²) < 4.78 is 7.09. The van der Waals surface area contributed by atoms with E-state index in [4.69, 9.17) is 4.74 Å². The number of amides is 1. The molecule has 0 aliphatic carbocycles. The fourth-order valence-electron chi connectivity index (χ4n) is 3.09. The van der Waals surface area contributed by atoms with Gasteiger partial charge in [-0.2, -0.15) is 5.10 Å². The first-order chi connectivity index (χ1) is 16.1. The standard InChI is InChI=1S/C25H23N5O2S/c1-18-8-12-20(13-9-18)24-28-29-25(30(24)21-6-4-3-5-7-21)33-17-23(31)27-26-16-19-10-14-22(32-2)15-11-19/h3-16H,17H2,1-2H3,(H,27,31)/b26-16-. The van der Waals surface area contributed by atoms with E-state index in [9.17, 15) is 4.79 Å². The van der Waals surface area contributed by atoms with Crippen molar-refractivity contribution in [3.8, 4) is 22.8 Å². The van der Waals surface area contributed by atoms with Crippen molar-refractivity contribution in [1.82, 2.24) is 20.2 Å². The SMILES string of the molecule is COc1ccc(/C=N\NC(=O)CSc2nnc(-c3ccc(C)cc3)n2-c2ccccc2)cc1. The highest BCUT2D eigenvalue weighted by Gasteiger charge is 2.17. The van der Waals surface area contributed by atoms with E-state index in [1.807, 2.05) is 90.4 Å². The molecular formula is C25H23N5O2S. The largest absolute Gasteiger partial charge is 0.497 e. The first-order valence-electron chi connectivity index (χ1n) is 10.3. The van der Waals surface area contributed by atoms with E-state index in [1.165, 1.54) is 17.3 Å². The minimum Gasteiger partial charge on any atom is -0.497 e. The molecule has 0 fully saturated rings. The maximum absolute atomic E-state index is 12.3. The predicted molar refractivity (Wildman–Crippen MR) is 131 cm³/mol. The van der Waals surface area contributed by atoms with Crippen molar-refractivity contribution in [2.24, 2.45) is 5.10 Å². The van der Waals surface area contributed by atoms with Gasteiger partial charge in [0.1, 0.15) is 5.75 Å². The molecule has 3 aromatic carbocycles. The minimum atomic E-state index is -0.232. The highest BCUT2D eigenvalue weighted by Crippen LogP contribution is 2.28. The summed E-state index contributed by atoms with van der Waals surface area (Å²) >= 11 is 1.31. The molecule has 0 unspecified atom stereocenters. The van der Waals surface area contributed by atoms with E-state index in [0.29, 0.717) is 5.16 Å². The third kappa shape index (κ3) is 5.67. The Morgan fingerprint density at radius 2 is 1.76 bits per heavy atom. The Morgan fingerprint density at radius 1 is 1.03 bits per heavy atom. The number of methoxy groups -OCH3 is 1. The Bertz CT molecular complexity index is 1240. The maximum Gasteiger partial charge on any atom is 0.250 e. The average Bonchev–Trinajstić information content (AvgIpc) is 3.28. The Balaban J connectivity index is 1.46. The van der Waals surface area contributed by atoms with Gasteiger partial charge in [-0.1, -0.05) is 59.8 Å². The van der Waals surface area contributed by atoms with Gasteiger partial charge >= 0.3 is 0 Å². The predicted octanol–water partition coefficient (Wildman–Crippen LogP) is 4.49. The van der Waals surface area contributed by atoms with Crippen molar-refractivity contribution in [1.29, 1.82) is 0 Å². The Labute approximate surface area is 196 Å². The molecule has 0 saturated heterocycles. The number of ether oxygens (including phenoxy) is 1. The number of hydrogen-bond acceptors (Lipinski definition) is 6. The van der Waals surface area contributed by atoms with Crippen LogP contribution in [0.1, 0.15) is 11.1 Å². The van der Waals surface area contributed by atoms with Gasteiger partial charge in [-0.3, -0.25) is 9.36 Å². The monoisotopic (exact) mass is 457 g/mol. The van der Waals surface area contributed by atoms with Gasteiger partial charge in [0.25, 0.3) is 5.91 Å². The zero-order chi connectivity index (χ0) is 23.0. The number of aromatic nitrogens is 3. The van der Waals surface area contributed by atoms with Crippen LogP contribution in [-0.4, -0.2) is 39.7 Å². The minimum absolute atomic E-state index is 0.152. The summed E-state index contributed by atoms with van der Waals surface area (Å²) in [6.45, 7) is 2.04.